The molecule has 0 bridgehead atoms. The van der Waals surface area contributed by atoms with Gasteiger partial charge in [0.05, 0.1) is 22.3 Å². The van der Waals surface area contributed by atoms with Crippen LogP contribution < -0.4 is 5.32 Å². The molecule has 0 aliphatic carbocycles. The standard InChI is InChI=1S/C17H14FN3O4/c1-9-15-12(17(23)24-8-14(22)19-2)7-13(20-16(15)25-21-9)10-3-5-11(18)6-4-10/h3-7H,8H2,1-2H3,(H,19,22). The number of likely N-dealkylation sites (N-methyl/N-ethyl adjacent to an activating group) is 1. The van der Waals surface area contributed by atoms with Gasteiger partial charge in [-0.2, -0.15) is 0 Å². The van der Waals surface area contributed by atoms with E-state index in [0.717, 1.165) is 0 Å². The number of carbonyl (C=O) groups is 2. The fraction of sp³-hybridized carbons (Fsp3) is 0.176. The summed E-state index contributed by atoms with van der Waals surface area (Å²) in [6, 6.07) is 7.15. The SMILES string of the molecule is CNC(=O)COC(=O)c1cc(-c2ccc(F)cc2)nc2onc(C)c12. The average molecular weight is 343 g/mol. The van der Waals surface area contributed by atoms with Gasteiger partial charge in [0.1, 0.15) is 5.82 Å². The second-order valence-electron chi connectivity index (χ2n) is 5.26. The van der Waals surface area contributed by atoms with E-state index in [2.05, 4.69) is 15.5 Å². The highest BCUT2D eigenvalue weighted by atomic mass is 19.1. The Morgan fingerprint density at radius 3 is 2.68 bits per heavy atom. The number of ether oxygens (including phenoxy) is 1. The maximum atomic E-state index is 13.1. The molecule has 2 heterocycles. The van der Waals surface area contributed by atoms with Crippen molar-refractivity contribution in [1.29, 1.82) is 0 Å². The normalized spacial score (nSPS) is 10.7. The van der Waals surface area contributed by atoms with Crippen molar-refractivity contribution in [3.8, 4) is 11.3 Å². The first-order valence-corrected chi connectivity index (χ1v) is 7.40. The zero-order valence-corrected chi connectivity index (χ0v) is 13.5. The molecule has 0 spiro atoms. The maximum absolute atomic E-state index is 13.1. The number of pyridine rings is 1. The first-order chi connectivity index (χ1) is 12.0. The fourth-order valence-corrected chi connectivity index (χ4v) is 2.31. The van der Waals surface area contributed by atoms with Crippen molar-refractivity contribution in [1.82, 2.24) is 15.5 Å². The largest absolute Gasteiger partial charge is 0.452 e. The van der Waals surface area contributed by atoms with Crippen LogP contribution in [0.4, 0.5) is 4.39 Å². The summed E-state index contributed by atoms with van der Waals surface area (Å²) in [5.41, 5.74) is 1.80. The number of halogens is 1. The van der Waals surface area contributed by atoms with E-state index >= 15 is 0 Å². The second kappa shape index (κ2) is 6.68. The molecule has 0 unspecified atom stereocenters. The summed E-state index contributed by atoms with van der Waals surface area (Å²) < 4.78 is 23.3. The Hall–Kier alpha value is -3.29. The molecular weight excluding hydrogens is 329 g/mol. The second-order valence-corrected chi connectivity index (χ2v) is 5.26. The van der Waals surface area contributed by atoms with Gasteiger partial charge in [0.2, 0.25) is 0 Å². The van der Waals surface area contributed by atoms with E-state index in [4.69, 9.17) is 9.26 Å². The van der Waals surface area contributed by atoms with E-state index in [0.29, 0.717) is 22.3 Å². The van der Waals surface area contributed by atoms with Gasteiger partial charge >= 0.3 is 5.97 Å². The number of aryl methyl sites for hydroxylation is 1. The van der Waals surface area contributed by atoms with Crippen LogP contribution in [0.5, 0.6) is 0 Å². The van der Waals surface area contributed by atoms with Gasteiger partial charge in [-0.3, -0.25) is 4.79 Å². The van der Waals surface area contributed by atoms with E-state index in [9.17, 15) is 14.0 Å². The van der Waals surface area contributed by atoms with Gasteiger partial charge in [0, 0.05) is 12.6 Å². The Morgan fingerprint density at radius 2 is 2.00 bits per heavy atom. The Morgan fingerprint density at radius 1 is 1.28 bits per heavy atom. The van der Waals surface area contributed by atoms with Gasteiger partial charge in [0.15, 0.2) is 6.61 Å². The molecule has 0 saturated carbocycles. The predicted molar refractivity (Wildman–Crippen MR) is 86.3 cm³/mol. The summed E-state index contributed by atoms with van der Waals surface area (Å²) in [5, 5.41) is 6.59. The maximum Gasteiger partial charge on any atom is 0.339 e. The molecule has 3 aromatic rings. The summed E-state index contributed by atoms with van der Waals surface area (Å²) >= 11 is 0. The third kappa shape index (κ3) is 3.32. The first kappa shape index (κ1) is 16.6. The molecule has 0 saturated heterocycles. The lowest BCUT2D eigenvalue weighted by Crippen LogP contribution is -2.25. The van der Waals surface area contributed by atoms with Gasteiger partial charge in [-0.05, 0) is 37.3 Å². The fourth-order valence-electron chi connectivity index (χ4n) is 2.31. The van der Waals surface area contributed by atoms with Gasteiger partial charge < -0.3 is 14.6 Å². The van der Waals surface area contributed by atoms with Gasteiger partial charge in [-0.1, -0.05) is 5.16 Å². The lowest BCUT2D eigenvalue weighted by atomic mass is 10.1. The zero-order chi connectivity index (χ0) is 18.0. The van der Waals surface area contributed by atoms with Crippen LogP contribution in [-0.4, -0.2) is 35.7 Å². The molecule has 8 heteroatoms. The van der Waals surface area contributed by atoms with Crippen LogP contribution in [0.2, 0.25) is 0 Å². The monoisotopic (exact) mass is 343 g/mol. The number of nitrogens with zero attached hydrogens (tertiary/aromatic N) is 2. The molecular formula is C17H14FN3O4. The molecule has 1 amide bonds. The third-order valence-corrected chi connectivity index (χ3v) is 3.59. The van der Waals surface area contributed by atoms with Gasteiger partial charge in [-0.15, -0.1) is 0 Å². The molecule has 0 fully saturated rings. The first-order valence-electron chi connectivity index (χ1n) is 7.40. The van der Waals surface area contributed by atoms with Crippen molar-refractivity contribution in [3.05, 3.63) is 47.4 Å². The molecule has 0 aliphatic rings. The summed E-state index contributed by atoms with van der Waals surface area (Å²) in [4.78, 5) is 28.0. The van der Waals surface area contributed by atoms with Crippen molar-refractivity contribution in [3.63, 3.8) is 0 Å². The van der Waals surface area contributed by atoms with E-state index in [-0.39, 0.29) is 17.1 Å². The van der Waals surface area contributed by atoms with Crippen molar-refractivity contribution in [2.75, 3.05) is 13.7 Å². The number of carbonyl (C=O) groups excluding carboxylic acids is 2. The summed E-state index contributed by atoms with van der Waals surface area (Å²) in [7, 11) is 1.44. The number of nitrogens with one attached hydrogen (secondary N) is 1. The highest BCUT2D eigenvalue weighted by Crippen LogP contribution is 2.27. The molecule has 0 radical (unpaired) electrons. The minimum absolute atomic E-state index is 0.159. The number of hydrogen-bond donors (Lipinski definition) is 1. The van der Waals surface area contributed by atoms with Gasteiger partial charge in [-0.25, -0.2) is 14.2 Å². The molecule has 25 heavy (non-hydrogen) atoms. The molecule has 7 nitrogen and oxygen atoms in total. The molecule has 128 valence electrons. The Kier molecular flexibility index (Phi) is 4.42. The third-order valence-electron chi connectivity index (χ3n) is 3.59. The minimum Gasteiger partial charge on any atom is -0.452 e. The Balaban J connectivity index is 2.06. The van der Waals surface area contributed by atoms with Crippen LogP contribution >= 0.6 is 0 Å². The lowest BCUT2D eigenvalue weighted by molar-refractivity contribution is -0.123. The van der Waals surface area contributed by atoms with Gasteiger partial charge in [0.25, 0.3) is 11.6 Å². The van der Waals surface area contributed by atoms with Crippen molar-refractivity contribution >= 4 is 23.0 Å². The summed E-state index contributed by atoms with van der Waals surface area (Å²) in [5.74, 6) is -1.52. The van der Waals surface area contributed by atoms with E-state index in [1.54, 1.807) is 6.92 Å². The van der Waals surface area contributed by atoms with E-state index in [1.807, 2.05) is 0 Å². The summed E-state index contributed by atoms with van der Waals surface area (Å²) in [6.07, 6.45) is 0. The Labute approximate surface area is 141 Å². The molecule has 3 rings (SSSR count). The number of fused-ring (bicyclic) bond motifs is 1. The number of aromatic nitrogens is 2. The molecule has 1 N–H and O–H groups in total. The van der Waals surface area contributed by atoms with Crippen LogP contribution in [0.25, 0.3) is 22.4 Å². The van der Waals surface area contributed by atoms with Crippen LogP contribution in [0.1, 0.15) is 16.1 Å². The molecule has 0 aliphatic heterocycles. The number of benzene rings is 1. The van der Waals surface area contributed by atoms with Crippen molar-refractivity contribution < 1.29 is 23.2 Å². The van der Waals surface area contributed by atoms with Crippen LogP contribution in [0.15, 0.2) is 34.9 Å². The van der Waals surface area contributed by atoms with Crippen molar-refractivity contribution in [2.45, 2.75) is 6.92 Å². The smallest absolute Gasteiger partial charge is 0.339 e. The number of hydrogen-bond acceptors (Lipinski definition) is 6. The predicted octanol–water partition coefficient (Wildman–Crippen LogP) is 2.24. The molecule has 2 aromatic heterocycles. The molecule has 1 aromatic carbocycles. The highest BCUT2D eigenvalue weighted by Gasteiger charge is 2.21. The Bertz CT molecular complexity index is 950. The number of amides is 1. The summed E-state index contributed by atoms with van der Waals surface area (Å²) in [6.45, 7) is 1.26. The topological polar surface area (TPSA) is 94.3 Å². The highest BCUT2D eigenvalue weighted by molar-refractivity contribution is 6.04. The zero-order valence-electron chi connectivity index (χ0n) is 13.5. The number of rotatable bonds is 4. The van der Waals surface area contributed by atoms with Crippen LogP contribution in [-0.2, 0) is 9.53 Å². The lowest BCUT2D eigenvalue weighted by Gasteiger charge is -2.07. The van der Waals surface area contributed by atoms with Crippen LogP contribution in [0, 0.1) is 12.7 Å². The van der Waals surface area contributed by atoms with Crippen molar-refractivity contribution in [2.24, 2.45) is 0 Å². The quantitative estimate of drug-likeness (QED) is 0.730. The molecule has 0 atom stereocenters. The minimum atomic E-state index is -0.703. The van der Waals surface area contributed by atoms with Crippen LogP contribution in [0.3, 0.4) is 0 Å². The van der Waals surface area contributed by atoms with E-state index < -0.39 is 18.5 Å². The number of esters is 1. The average Bonchev–Trinajstić information content (AvgIpc) is 3.00. The van der Waals surface area contributed by atoms with E-state index in [1.165, 1.54) is 37.4 Å².